The largest absolute Gasteiger partial charge is 0.469 e. The molecule has 1 aromatic heterocycles. The van der Waals surface area contributed by atoms with Crippen molar-refractivity contribution < 1.29 is 13.9 Å². The first-order valence-corrected chi connectivity index (χ1v) is 9.43. The van der Waals surface area contributed by atoms with Crippen molar-refractivity contribution in [2.75, 3.05) is 32.8 Å². The molecule has 0 bridgehead atoms. The second-order valence-corrected chi connectivity index (χ2v) is 7.33. The molecule has 25 heavy (non-hydrogen) atoms. The van der Waals surface area contributed by atoms with Crippen LogP contribution in [0, 0.1) is 5.92 Å². The standard InChI is InChI=1S/C19H31N3O3/c1-15(2)21-18(20-9-8-17-7-5-11-23-17)22-10-4-6-16(14-22)19(3)24-12-13-25-19/h5,7,11,15-16H,4,6,8-10,12-14H2,1-3H3,(H,20,21). The van der Waals surface area contributed by atoms with Gasteiger partial charge >= 0.3 is 0 Å². The molecule has 1 unspecified atom stereocenters. The van der Waals surface area contributed by atoms with Crippen molar-refractivity contribution >= 4 is 5.96 Å². The third-order valence-electron chi connectivity index (χ3n) is 4.94. The van der Waals surface area contributed by atoms with E-state index in [1.807, 2.05) is 12.1 Å². The highest BCUT2D eigenvalue weighted by atomic mass is 16.7. The smallest absolute Gasteiger partial charge is 0.194 e. The normalized spacial score (nSPS) is 24.1. The van der Waals surface area contributed by atoms with Crippen molar-refractivity contribution in [2.45, 2.75) is 51.9 Å². The lowest BCUT2D eigenvalue weighted by Crippen LogP contribution is -2.53. The van der Waals surface area contributed by atoms with Crippen LogP contribution in [0.2, 0.25) is 0 Å². The van der Waals surface area contributed by atoms with Gasteiger partial charge in [0.2, 0.25) is 0 Å². The summed E-state index contributed by atoms with van der Waals surface area (Å²) >= 11 is 0. The minimum Gasteiger partial charge on any atom is -0.469 e. The van der Waals surface area contributed by atoms with E-state index in [0.29, 0.717) is 31.7 Å². The van der Waals surface area contributed by atoms with Crippen LogP contribution in [0.3, 0.4) is 0 Å². The molecular weight excluding hydrogens is 318 g/mol. The summed E-state index contributed by atoms with van der Waals surface area (Å²) in [7, 11) is 0. The molecule has 2 aliphatic heterocycles. The Morgan fingerprint density at radius 1 is 1.40 bits per heavy atom. The lowest BCUT2D eigenvalue weighted by Gasteiger charge is -2.41. The summed E-state index contributed by atoms with van der Waals surface area (Å²) in [5.74, 6) is 1.88. The van der Waals surface area contributed by atoms with E-state index in [1.54, 1.807) is 6.26 Å². The summed E-state index contributed by atoms with van der Waals surface area (Å²) in [6.45, 7) is 10.4. The minimum absolute atomic E-state index is 0.345. The topological polar surface area (TPSA) is 59.2 Å². The highest BCUT2D eigenvalue weighted by Gasteiger charge is 2.42. The Labute approximate surface area is 150 Å². The van der Waals surface area contributed by atoms with Gasteiger partial charge in [-0.1, -0.05) is 0 Å². The van der Waals surface area contributed by atoms with Crippen LogP contribution in [0.1, 0.15) is 39.4 Å². The average Bonchev–Trinajstić information content (AvgIpc) is 3.26. The molecule has 2 fully saturated rings. The molecule has 1 atom stereocenters. The molecule has 3 heterocycles. The van der Waals surface area contributed by atoms with Gasteiger partial charge in [0.25, 0.3) is 0 Å². The van der Waals surface area contributed by atoms with Crippen LogP contribution in [0.5, 0.6) is 0 Å². The number of hydrogen-bond acceptors (Lipinski definition) is 4. The average molecular weight is 349 g/mol. The van der Waals surface area contributed by atoms with Gasteiger partial charge in [-0.15, -0.1) is 0 Å². The Balaban J connectivity index is 1.64. The van der Waals surface area contributed by atoms with Gasteiger partial charge in [0.15, 0.2) is 11.7 Å². The van der Waals surface area contributed by atoms with Crippen LogP contribution in [0.25, 0.3) is 0 Å². The summed E-state index contributed by atoms with van der Waals surface area (Å²) in [5.41, 5.74) is 0. The van der Waals surface area contributed by atoms with Crippen molar-refractivity contribution in [3.05, 3.63) is 24.2 Å². The Hall–Kier alpha value is -1.53. The highest BCUT2D eigenvalue weighted by molar-refractivity contribution is 5.80. The van der Waals surface area contributed by atoms with E-state index in [-0.39, 0.29) is 0 Å². The monoisotopic (exact) mass is 349 g/mol. The Kier molecular flexibility index (Phi) is 6.02. The van der Waals surface area contributed by atoms with Gasteiger partial charge in [-0.25, -0.2) is 0 Å². The Morgan fingerprint density at radius 2 is 2.20 bits per heavy atom. The number of likely N-dealkylation sites (tertiary alicyclic amines) is 1. The van der Waals surface area contributed by atoms with E-state index in [1.165, 1.54) is 0 Å². The minimum atomic E-state index is -0.449. The van der Waals surface area contributed by atoms with Crippen molar-refractivity contribution in [2.24, 2.45) is 10.9 Å². The van der Waals surface area contributed by atoms with E-state index in [4.69, 9.17) is 18.9 Å². The summed E-state index contributed by atoms with van der Waals surface area (Å²) in [6, 6.07) is 4.26. The summed E-state index contributed by atoms with van der Waals surface area (Å²) in [4.78, 5) is 7.19. The number of guanidine groups is 1. The molecule has 2 aliphatic rings. The maximum Gasteiger partial charge on any atom is 0.194 e. The molecule has 0 amide bonds. The quantitative estimate of drug-likeness (QED) is 0.654. The molecule has 6 nitrogen and oxygen atoms in total. The predicted molar refractivity (Wildman–Crippen MR) is 97.6 cm³/mol. The third-order valence-corrected chi connectivity index (χ3v) is 4.94. The van der Waals surface area contributed by atoms with Crippen LogP contribution in [0.15, 0.2) is 27.8 Å². The molecule has 2 saturated heterocycles. The molecular formula is C19H31N3O3. The van der Waals surface area contributed by atoms with Gasteiger partial charge in [0.05, 0.1) is 19.5 Å². The van der Waals surface area contributed by atoms with Gasteiger partial charge in [0.1, 0.15) is 5.76 Å². The Morgan fingerprint density at radius 3 is 2.88 bits per heavy atom. The SMILES string of the molecule is CC(C)NC(=NCCc1ccco1)N1CCCC(C2(C)OCCO2)C1. The zero-order valence-corrected chi connectivity index (χ0v) is 15.7. The van der Waals surface area contributed by atoms with E-state index < -0.39 is 5.79 Å². The summed E-state index contributed by atoms with van der Waals surface area (Å²) < 4.78 is 17.2. The molecule has 1 N–H and O–H groups in total. The first kappa shape index (κ1) is 18.3. The van der Waals surface area contributed by atoms with Crippen molar-refractivity contribution in [3.63, 3.8) is 0 Å². The van der Waals surface area contributed by atoms with E-state index >= 15 is 0 Å². The fourth-order valence-electron chi connectivity index (χ4n) is 3.59. The number of furan rings is 1. The Bertz CT molecular complexity index is 550. The molecule has 3 rings (SSSR count). The second-order valence-electron chi connectivity index (χ2n) is 7.33. The maximum atomic E-state index is 5.90. The lowest BCUT2D eigenvalue weighted by atomic mass is 9.90. The summed E-state index contributed by atoms with van der Waals surface area (Å²) in [6.07, 6.45) is 4.79. The number of piperidine rings is 1. The van der Waals surface area contributed by atoms with Gasteiger partial charge in [-0.2, -0.15) is 0 Å². The number of nitrogens with zero attached hydrogens (tertiary/aromatic N) is 2. The number of aliphatic imine (C=N–C) groups is 1. The molecule has 1 aromatic rings. The van der Waals surface area contributed by atoms with E-state index in [9.17, 15) is 0 Å². The van der Waals surface area contributed by atoms with Gasteiger partial charge in [-0.05, 0) is 45.7 Å². The molecule has 140 valence electrons. The molecule has 0 spiro atoms. The molecule has 6 heteroatoms. The van der Waals surface area contributed by atoms with Crippen molar-refractivity contribution in [1.29, 1.82) is 0 Å². The zero-order valence-electron chi connectivity index (χ0n) is 15.7. The number of rotatable bonds is 5. The van der Waals surface area contributed by atoms with Crippen LogP contribution in [0.4, 0.5) is 0 Å². The number of nitrogens with one attached hydrogen (secondary N) is 1. The van der Waals surface area contributed by atoms with Crippen LogP contribution in [-0.2, 0) is 15.9 Å². The number of ether oxygens (including phenoxy) is 2. The van der Waals surface area contributed by atoms with Crippen molar-refractivity contribution in [1.82, 2.24) is 10.2 Å². The van der Waals surface area contributed by atoms with Gasteiger partial charge in [0, 0.05) is 38.0 Å². The first-order valence-electron chi connectivity index (χ1n) is 9.43. The van der Waals surface area contributed by atoms with Crippen LogP contribution in [-0.4, -0.2) is 55.5 Å². The van der Waals surface area contributed by atoms with Crippen LogP contribution < -0.4 is 5.32 Å². The number of hydrogen-bond donors (Lipinski definition) is 1. The zero-order chi connectivity index (χ0) is 17.7. The second kappa shape index (κ2) is 8.23. The van der Waals surface area contributed by atoms with Gasteiger partial charge in [-0.3, -0.25) is 4.99 Å². The molecule has 0 aromatic carbocycles. The highest BCUT2D eigenvalue weighted by Crippen LogP contribution is 2.34. The van der Waals surface area contributed by atoms with Gasteiger partial charge < -0.3 is 24.1 Å². The molecule has 0 saturated carbocycles. The maximum absolute atomic E-state index is 5.90. The first-order chi connectivity index (χ1) is 12.1. The van der Waals surface area contributed by atoms with Crippen LogP contribution >= 0.6 is 0 Å². The van der Waals surface area contributed by atoms with Crippen molar-refractivity contribution in [3.8, 4) is 0 Å². The molecule has 0 radical (unpaired) electrons. The lowest BCUT2D eigenvalue weighted by molar-refractivity contribution is -0.189. The van der Waals surface area contributed by atoms with E-state index in [0.717, 1.165) is 44.1 Å². The fraction of sp³-hybridized carbons (Fsp3) is 0.737. The predicted octanol–water partition coefficient (Wildman–Crippen LogP) is 2.65. The van der Waals surface area contributed by atoms with E-state index in [2.05, 4.69) is 31.0 Å². The third kappa shape index (κ3) is 4.76. The summed E-state index contributed by atoms with van der Waals surface area (Å²) in [5, 5.41) is 3.52. The molecule has 0 aliphatic carbocycles. The fourth-order valence-corrected chi connectivity index (χ4v) is 3.59.